The highest BCUT2D eigenvalue weighted by atomic mass is 17.2. The maximum absolute atomic E-state index is 11.4. The molecule has 1 saturated carbocycles. The highest BCUT2D eigenvalue weighted by Crippen LogP contribution is 2.34. The molecule has 21 heavy (non-hydrogen) atoms. The summed E-state index contributed by atoms with van der Waals surface area (Å²) < 4.78 is 4.65. The van der Waals surface area contributed by atoms with E-state index in [1.54, 1.807) is 0 Å². The Morgan fingerprint density at radius 1 is 1.24 bits per heavy atom. The molecule has 1 aromatic carbocycles. The molecule has 1 fully saturated rings. The van der Waals surface area contributed by atoms with E-state index in [0.717, 1.165) is 5.56 Å². The molecular formula is C17H22O4. The van der Waals surface area contributed by atoms with Gasteiger partial charge in [0.15, 0.2) is 5.75 Å². The van der Waals surface area contributed by atoms with Crippen molar-refractivity contribution in [2.45, 2.75) is 44.9 Å². The van der Waals surface area contributed by atoms with Gasteiger partial charge in [0, 0.05) is 0 Å². The second-order valence-corrected chi connectivity index (χ2v) is 5.38. The first-order chi connectivity index (χ1) is 10.2. The minimum Gasteiger partial charge on any atom is -0.504 e. The Labute approximate surface area is 125 Å². The van der Waals surface area contributed by atoms with Crippen LogP contribution in [0.1, 0.15) is 49.1 Å². The van der Waals surface area contributed by atoms with Gasteiger partial charge >= 0.3 is 5.97 Å². The Morgan fingerprint density at radius 3 is 2.71 bits per heavy atom. The monoisotopic (exact) mass is 290 g/mol. The largest absolute Gasteiger partial charge is 0.504 e. The quantitative estimate of drug-likeness (QED) is 0.355. The Hall–Kier alpha value is -1.97. The number of carbonyl (C=O) groups excluding carboxylic acids is 1. The van der Waals surface area contributed by atoms with Gasteiger partial charge in [0.05, 0.1) is 19.4 Å². The van der Waals surface area contributed by atoms with Crippen molar-refractivity contribution in [3.63, 3.8) is 0 Å². The lowest BCUT2D eigenvalue weighted by Gasteiger charge is -2.22. The summed E-state index contributed by atoms with van der Waals surface area (Å²) in [5.74, 6) is 0.586. The fraction of sp³-hybridized carbons (Fsp3) is 0.471. The Balaban J connectivity index is 2.01. The van der Waals surface area contributed by atoms with Crippen LogP contribution in [0.25, 0.3) is 0 Å². The summed E-state index contributed by atoms with van der Waals surface area (Å²) in [6.07, 6.45) is 8.75. The molecule has 0 aromatic heterocycles. The topological polar surface area (TPSA) is 44.8 Å². The molecule has 0 radical (unpaired) electrons. The molecule has 0 heterocycles. The summed E-state index contributed by atoms with van der Waals surface area (Å²) in [5, 5.41) is 0. The molecule has 114 valence electrons. The van der Waals surface area contributed by atoms with Crippen LogP contribution in [0, 0.1) is 6.92 Å². The number of methoxy groups -OCH3 is 1. The SMILES string of the molecule is COC=CC(=O)OOc1cc(C2CCCCC2)ccc1C. The number of rotatable bonds is 5. The zero-order chi connectivity index (χ0) is 15.1. The van der Waals surface area contributed by atoms with Crippen LogP contribution >= 0.6 is 0 Å². The summed E-state index contributed by atoms with van der Waals surface area (Å²) in [6.45, 7) is 1.93. The van der Waals surface area contributed by atoms with E-state index in [2.05, 4.69) is 10.8 Å². The molecule has 0 saturated heterocycles. The smallest absolute Gasteiger partial charge is 0.382 e. The van der Waals surface area contributed by atoms with Crippen molar-refractivity contribution in [1.82, 2.24) is 0 Å². The molecule has 2 rings (SSSR count). The number of ether oxygens (including phenoxy) is 1. The van der Waals surface area contributed by atoms with E-state index in [-0.39, 0.29) is 0 Å². The van der Waals surface area contributed by atoms with Crippen molar-refractivity contribution >= 4 is 5.97 Å². The highest BCUT2D eigenvalue weighted by molar-refractivity contribution is 5.81. The van der Waals surface area contributed by atoms with E-state index >= 15 is 0 Å². The molecule has 4 heteroatoms. The van der Waals surface area contributed by atoms with Crippen LogP contribution in [0.15, 0.2) is 30.5 Å². The predicted molar refractivity (Wildman–Crippen MR) is 79.9 cm³/mol. The molecule has 1 aliphatic carbocycles. The third-order valence-corrected chi connectivity index (χ3v) is 3.84. The maximum Gasteiger partial charge on any atom is 0.382 e. The molecular weight excluding hydrogens is 268 g/mol. The Morgan fingerprint density at radius 2 is 2.00 bits per heavy atom. The predicted octanol–water partition coefficient (Wildman–Crippen LogP) is 4.04. The normalized spacial score (nSPS) is 15.9. The molecule has 1 aliphatic rings. The average Bonchev–Trinajstić information content (AvgIpc) is 2.53. The third kappa shape index (κ3) is 4.52. The van der Waals surface area contributed by atoms with E-state index in [1.165, 1.54) is 57.1 Å². The molecule has 0 spiro atoms. The van der Waals surface area contributed by atoms with Gasteiger partial charge in [-0.05, 0) is 42.9 Å². The fourth-order valence-corrected chi connectivity index (χ4v) is 2.63. The van der Waals surface area contributed by atoms with E-state index in [9.17, 15) is 4.79 Å². The van der Waals surface area contributed by atoms with Gasteiger partial charge in [-0.15, -0.1) is 0 Å². The van der Waals surface area contributed by atoms with Crippen LogP contribution in [-0.2, 0) is 14.4 Å². The second-order valence-electron chi connectivity index (χ2n) is 5.38. The van der Waals surface area contributed by atoms with Crippen molar-refractivity contribution in [1.29, 1.82) is 0 Å². The molecule has 0 atom stereocenters. The van der Waals surface area contributed by atoms with E-state index in [4.69, 9.17) is 9.78 Å². The van der Waals surface area contributed by atoms with Crippen molar-refractivity contribution in [2.75, 3.05) is 7.11 Å². The van der Waals surface area contributed by atoms with Crippen molar-refractivity contribution in [3.8, 4) is 5.75 Å². The second kappa shape index (κ2) is 7.72. The summed E-state index contributed by atoms with van der Waals surface area (Å²) in [6, 6.07) is 6.14. The minimum atomic E-state index is -0.598. The first kappa shape index (κ1) is 15.4. The standard InChI is InChI=1S/C17H22O4/c1-13-8-9-15(14-6-4-3-5-7-14)12-16(13)20-21-17(18)10-11-19-2/h8-12,14H,3-7H2,1-2H3. The van der Waals surface area contributed by atoms with Crippen molar-refractivity contribution in [2.24, 2.45) is 0 Å². The number of benzene rings is 1. The zero-order valence-corrected chi connectivity index (χ0v) is 12.6. The number of hydrogen-bond donors (Lipinski definition) is 0. The molecule has 4 nitrogen and oxygen atoms in total. The molecule has 0 aliphatic heterocycles. The van der Waals surface area contributed by atoms with Crippen LogP contribution in [0.5, 0.6) is 5.75 Å². The number of carbonyl (C=O) groups is 1. The lowest BCUT2D eigenvalue weighted by molar-refractivity contribution is -0.207. The summed E-state index contributed by atoms with van der Waals surface area (Å²) >= 11 is 0. The van der Waals surface area contributed by atoms with E-state index in [1.807, 2.05) is 19.1 Å². The minimum absolute atomic E-state index is 0.589. The van der Waals surface area contributed by atoms with Crippen LogP contribution in [0.2, 0.25) is 0 Å². The van der Waals surface area contributed by atoms with Crippen LogP contribution < -0.4 is 4.89 Å². The first-order valence-electron chi connectivity index (χ1n) is 7.39. The molecule has 0 N–H and O–H groups in total. The first-order valence-corrected chi connectivity index (χ1v) is 7.39. The molecule has 1 aromatic rings. The maximum atomic E-state index is 11.4. The fourth-order valence-electron chi connectivity index (χ4n) is 2.63. The molecule has 0 amide bonds. The average molecular weight is 290 g/mol. The third-order valence-electron chi connectivity index (χ3n) is 3.84. The van der Waals surface area contributed by atoms with E-state index in [0.29, 0.717) is 11.7 Å². The Kier molecular flexibility index (Phi) is 5.67. The number of aryl methyl sites for hydroxylation is 1. The summed E-state index contributed by atoms with van der Waals surface area (Å²) in [4.78, 5) is 21.3. The summed E-state index contributed by atoms with van der Waals surface area (Å²) in [5.41, 5.74) is 2.21. The lowest BCUT2D eigenvalue weighted by Crippen LogP contribution is -2.08. The zero-order valence-electron chi connectivity index (χ0n) is 12.6. The Bertz CT molecular complexity index is 502. The number of hydrogen-bond acceptors (Lipinski definition) is 4. The van der Waals surface area contributed by atoms with Crippen molar-refractivity contribution in [3.05, 3.63) is 41.7 Å². The molecule has 0 bridgehead atoms. The van der Waals surface area contributed by atoms with Gasteiger partial charge < -0.3 is 4.74 Å². The van der Waals surface area contributed by atoms with Gasteiger partial charge in [0.1, 0.15) is 0 Å². The van der Waals surface area contributed by atoms with E-state index < -0.39 is 5.97 Å². The van der Waals surface area contributed by atoms with Gasteiger partial charge in [0.2, 0.25) is 0 Å². The van der Waals surface area contributed by atoms with Gasteiger partial charge in [-0.2, -0.15) is 0 Å². The van der Waals surface area contributed by atoms with Gasteiger partial charge in [-0.1, -0.05) is 31.4 Å². The van der Waals surface area contributed by atoms with Crippen LogP contribution in [-0.4, -0.2) is 13.1 Å². The molecule has 0 unspecified atom stereocenters. The van der Waals surface area contributed by atoms with Gasteiger partial charge in [-0.3, -0.25) is 4.89 Å². The van der Waals surface area contributed by atoms with Gasteiger partial charge in [-0.25, -0.2) is 9.68 Å². The lowest BCUT2D eigenvalue weighted by atomic mass is 9.84. The van der Waals surface area contributed by atoms with Crippen LogP contribution in [0.4, 0.5) is 0 Å². The summed E-state index contributed by atoms with van der Waals surface area (Å²) in [7, 11) is 1.46. The van der Waals surface area contributed by atoms with Crippen molar-refractivity contribution < 1.29 is 19.3 Å². The van der Waals surface area contributed by atoms with Crippen LogP contribution in [0.3, 0.4) is 0 Å². The van der Waals surface area contributed by atoms with Gasteiger partial charge in [0.25, 0.3) is 0 Å². The highest BCUT2D eigenvalue weighted by Gasteiger charge is 2.17.